The Kier molecular flexibility index (Phi) is 6.86. The molecule has 0 bridgehead atoms. The zero-order valence-electron chi connectivity index (χ0n) is 14.2. The van der Waals surface area contributed by atoms with Gasteiger partial charge < -0.3 is 19.6 Å². The number of para-hydroxylation sites is 1. The highest BCUT2D eigenvalue weighted by molar-refractivity contribution is 5.92. The number of carbonyl (C=O) groups is 2. The molecule has 1 aromatic carbocycles. The van der Waals surface area contributed by atoms with Gasteiger partial charge in [-0.2, -0.15) is 0 Å². The monoisotopic (exact) mass is 385 g/mol. The van der Waals surface area contributed by atoms with Gasteiger partial charge in [-0.3, -0.25) is 9.59 Å². The van der Waals surface area contributed by atoms with E-state index in [1.165, 1.54) is 30.3 Å². The summed E-state index contributed by atoms with van der Waals surface area (Å²) in [5, 5.41) is 11.1. The molecule has 0 aliphatic rings. The fraction of sp³-hybridized carbons (Fsp3) is 0.333. The van der Waals surface area contributed by atoms with Crippen LogP contribution in [0.4, 0.5) is 13.2 Å². The first kappa shape index (κ1) is 20.3. The van der Waals surface area contributed by atoms with Crippen molar-refractivity contribution in [2.45, 2.75) is 32.0 Å². The molecular weight excluding hydrogens is 367 g/mol. The molecule has 146 valence electrons. The molecule has 1 amide bonds. The average Bonchev–Trinajstić information content (AvgIpc) is 3.06. The number of furan rings is 1. The van der Waals surface area contributed by atoms with E-state index < -0.39 is 24.0 Å². The molecule has 0 saturated heterocycles. The van der Waals surface area contributed by atoms with Crippen molar-refractivity contribution in [3.05, 3.63) is 42.2 Å². The summed E-state index contributed by atoms with van der Waals surface area (Å²) >= 11 is 0. The highest BCUT2D eigenvalue weighted by Gasteiger charge is 2.32. The van der Waals surface area contributed by atoms with Crippen molar-refractivity contribution >= 4 is 11.9 Å². The van der Waals surface area contributed by atoms with E-state index in [0.29, 0.717) is 25.8 Å². The molecule has 0 saturated carbocycles. The summed E-state index contributed by atoms with van der Waals surface area (Å²) in [4.78, 5) is 22.4. The zero-order chi connectivity index (χ0) is 19.9. The minimum Gasteiger partial charge on any atom is -0.481 e. The van der Waals surface area contributed by atoms with Gasteiger partial charge in [-0.1, -0.05) is 18.6 Å². The number of aliphatic carboxylic acids is 1. The normalized spacial score (nSPS) is 11.2. The van der Waals surface area contributed by atoms with Gasteiger partial charge in [0.15, 0.2) is 5.76 Å². The predicted octanol–water partition coefficient (Wildman–Crippen LogP) is 4.22. The first-order valence-electron chi connectivity index (χ1n) is 8.21. The van der Waals surface area contributed by atoms with Crippen molar-refractivity contribution in [3.63, 3.8) is 0 Å². The van der Waals surface area contributed by atoms with Crippen LogP contribution in [0.2, 0.25) is 0 Å². The molecule has 6 nitrogen and oxygen atoms in total. The standard InChI is InChI=1S/C18H18F3NO5/c19-18(20,21)27-14-7-4-3-6-12(14)13-9-10-15(26-13)17(25)22-11-5-1-2-8-16(23)24/h3-4,6-7,9-10H,1-2,5,8,11H2,(H,22,25)(H,23,24). The van der Waals surface area contributed by atoms with Crippen molar-refractivity contribution in [1.82, 2.24) is 5.32 Å². The number of amides is 1. The molecular formula is C18H18F3NO5. The maximum Gasteiger partial charge on any atom is 0.573 e. The Morgan fingerprint density at radius 1 is 1.07 bits per heavy atom. The van der Waals surface area contributed by atoms with E-state index in [4.69, 9.17) is 9.52 Å². The Morgan fingerprint density at radius 3 is 2.52 bits per heavy atom. The molecule has 0 fully saturated rings. The van der Waals surface area contributed by atoms with E-state index in [-0.39, 0.29) is 23.5 Å². The van der Waals surface area contributed by atoms with Crippen LogP contribution in [-0.2, 0) is 4.79 Å². The maximum atomic E-state index is 12.5. The van der Waals surface area contributed by atoms with E-state index in [2.05, 4.69) is 10.1 Å². The van der Waals surface area contributed by atoms with Gasteiger partial charge in [0.1, 0.15) is 11.5 Å². The van der Waals surface area contributed by atoms with Gasteiger partial charge in [-0.15, -0.1) is 13.2 Å². The molecule has 1 heterocycles. The van der Waals surface area contributed by atoms with Crippen LogP contribution in [0.25, 0.3) is 11.3 Å². The first-order valence-corrected chi connectivity index (χ1v) is 8.21. The number of nitrogens with one attached hydrogen (secondary N) is 1. The number of benzene rings is 1. The van der Waals surface area contributed by atoms with E-state index in [1.807, 2.05) is 0 Å². The number of carboxylic acids is 1. The summed E-state index contributed by atoms with van der Waals surface area (Å²) in [7, 11) is 0. The summed E-state index contributed by atoms with van der Waals surface area (Å²) in [5.41, 5.74) is 0.0718. The van der Waals surface area contributed by atoms with Gasteiger partial charge in [-0.25, -0.2) is 0 Å². The lowest BCUT2D eigenvalue weighted by atomic mass is 10.1. The topological polar surface area (TPSA) is 88.8 Å². The van der Waals surface area contributed by atoms with Crippen molar-refractivity contribution < 1.29 is 37.0 Å². The SMILES string of the molecule is O=C(O)CCCCCNC(=O)c1ccc(-c2ccccc2OC(F)(F)F)o1. The second-order valence-corrected chi connectivity index (χ2v) is 5.67. The Labute approximate surface area is 152 Å². The van der Waals surface area contributed by atoms with Gasteiger partial charge in [0, 0.05) is 13.0 Å². The van der Waals surface area contributed by atoms with Crippen LogP contribution in [0.3, 0.4) is 0 Å². The number of halogens is 3. The largest absolute Gasteiger partial charge is 0.573 e. The number of rotatable bonds is 9. The molecule has 1 aromatic heterocycles. The van der Waals surface area contributed by atoms with E-state index >= 15 is 0 Å². The van der Waals surface area contributed by atoms with Crippen molar-refractivity contribution in [2.24, 2.45) is 0 Å². The van der Waals surface area contributed by atoms with Crippen LogP contribution >= 0.6 is 0 Å². The molecule has 0 spiro atoms. The molecule has 2 N–H and O–H groups in total. The second-order valence-electron chi connectivity index (χ2n) is 5.67. The number of hydrogen-bond donors (Lipinski definition) is 2. The van der Waals surface area contributed by atoms with Crippen molar-refractivity contribution in [2.75, 3.05) is 6.54 Å². The fourth-order valence-corrected chi connectivity index (χ4v) is 2.36. The van der Waals surface area contributed by atoms with Gasteiger partial charge >= 0.3 is 12.3 Å². The summed E-state index contributed by atoms with van der Waals surface area (Å²) in [6, 6.07) is 8.22. The Bertz CT molecular complexity index is 785. The molecule has 9 heteroatoms. The minimum atomic E-state index is -4.84. The molecule has 0 aliphatic heterocycles. The summed E-state index contributed by atoms with van der Waals surface area (Å²) in [6.45, 7) is 0.336. The van der Waals surface area contributed by atoms with Gasteiger partial charge in [0.05, 0.1) is 5.56 Å². The average molecular weight is 385 g/mol. The van der Waals surface area contributed by atoms with E-state index in [1.54, 1.807) is 0 Å². The third kappa shape index (κ3) is 6.69. The van der Waals surface area contributed by atoms with Gasteiger partial charge in [0.2, 0.25) is 0 Å². The number of ether oxygens (including phenoxy) is 1. The lowest BCUT2D eigenvalue weighted by Gasteiger charge is -2.11. The molecule has 0 unspecified atom stereocenters. The van der Waals surface area contributed by atoms with Gasteiger partial charge in [-0.05, 0) is 37.1 Å². The third-order valence-electron chi connectivity index (χ3n) is 3.56. The summed E-state index contributed by atoms with van der Waals surface area (Å²) in [5.74, 6) is -1.77. The summed E-state index contributed by atoms with van der Waals surface area (Å²) < 4.78 is 46.8. The highest BCUT2D eigenvalue weighted by Crippen LogP contribution is 2.34. The van der Waals surface area contributed by atoms with Crippen LogP contribution in [0, 0.1) is 0 Å². The van der Waals surface area contributed by atoms with Crippen molar-refractivity contribution in [1.29, 1.82) is 0 Å². The molecule has 0 radical (unpaired) electrons. The second kappa shape index (κ2) is 9.11. The molecule has 0 aliphatic carbocycles. The smallest absolute Gasteiger partial charge is 0.481 e. The Balaban J connectivity index is 1.95. The number of carboxylic acid groups (broad SMARTS) is 1. The minimum absolute atomic E-state index is 0.0441. The lowest BCUT2D eigenvalue weighted by Crippen LogP contribution is -2.23. The molecule has 0 atom stereocenters. The van der Waals surface area contributed by atoms with E-state index in [9.17, 15) is 22.8 Å². The zero-order valence-corrected chi connectivity index (χ0v) is 14.2. The Morgan fingerprint density at radius 2 is 1.81 bits per heavy atom. The molecule has 27 heavy (non-hydrogen) atoms. The lowest BCUT2D eigenvalue weighted by molar-refractivity contribution is -0.274. The van der Waals surface area contributed by atoms with Crippen LogP contribution in [0.5, 0.6) is 5.75 Å². The third-order valence-corrected chi connectivity index (χ3v) is 3.56. The number of alkyl halides is 3. The Hall–Kier alpha value is -2.97. The van der Waals surface area contributed by atoms with Crippen LogP contribution in [0.15, 0.2) is 40.8 Å². The predicted molar refractivity (Wildman–Crippen MR) is 89.3 cm³/mol. The number of hydrogen-bond acceptors (Lipinski definition) is 4. The fourth-order valence-electron chi connectivity index (χ4n) is 2.36. The molecule has 2 aromatic rings. The quantitative estimate of drug-likeness (QED) is 0.631. The van der Waals surface area contributed by atoms with E-state index in [0.717, 1.165) is 6.07 Å². The maximum absolute atomic E-state index is 12.5. The number of unbranched alkanes of at least 4 members (excludes halogenated alkanes) is 2. The first-order chi connectivity index (χ1) is 12.8. The van der Waals surface area contributed by atoms with Crippen LogP contribution in [0.1, 0.15) is 36.2 Å². The highest BCUT2D eigenvalue weighted by atomic mass is 19.4. The van der Waals surface area contributed by atoms with Crippen LogP contribution in [-0.4, -0.2) is 29.9 Å². The van der Waals surface area contributed by atoms with Gasteiger partial charge in [0.25, 0.3) is 5.91 Å². The van der Waals surface area contributed by atoms with Crippen LogP contribution < -0.4 is 10.1 Å². The summed E-state index contributed by atoms with van der Waals surface area (Å²) in [6.07, 6.45) is -2.99. The number of carbonyl (C=O) groups excluding carboxylic acids is 1. The molecule has 2 rings (SSSR count). The van der Waals surface area contributed by atoms with Crippen molar-refractivity contribution in [3.8, 4) is 17.1 Å².